The largest absolute Gasteiger partial charge is 0.416 e. The minimum atomic E-state index is -4.64. The number of hydrogen-bond acceptors (Lipinski definition) is 2. The molecule has 15 rings (SSSR count). The second-order valence-corrected chi connectivity index (χ2v) is 19.7. The minimum Gasteiger partial charge on any atom is -0.309 e. The van der Waals surface area contributed by atoms with E-state index in [0.29, 0.717) is 22.4 Å². The standard InChI is InChI=1S/C69H39F3N6/c70-69(71,72)45-29-31-48(44(38-45)41-74)43-28-30-51(64(39-43)78-60-26-14-10-22-55(60)66-63(78)36-33-53-50-20-8-12-24-58(50)76(68(53)66)47-17-5-2-6-18-47)56-37-42(40-73)27-34-61(56)77-59-25-13-9-21-54(59)65-62(77)35-32-52-49-19-7-11-23-57(49)75(67(52)65)46-15-3-1-4-16-46/h1-39H. The fourth-order valence-electron chi connectivity index (χ4n) is 12.4. The molecule has 0 amide bonds. The lowest BCUT2D eigenvalue weighted by Crippen LogP contribution is -2.05. The van der Waals surface area contributed by atoms with Crippen LogP contribution in [0.15, 0.2) is 237 Å². The molecule has 0 spiro atoms. The summed E-state index contributed by atoms with van der Waals surface area (Å²) in [6, 6.07) is 82.7. The van der Waals surface area contributed by atoms with E-state index in [4.69, 9.17) is 0 Å². The number of hydrogen-bond donors (Lipinski definition) is 0. The third kappa shape index (κ3) is 6.49. The molecule has 4 aromatic heterocycles. The van der Waals surface area contributed by atoms with Gasteiger partial charge in [-0.15, -0.1) is 0 Å². The van der Waals surface area contributed by atoms with E-state index in [9.17, 15) is 23.7 Å². The van der Waals surface area contributed by atoms with Crippen molar-refractivity contribution in [3.05, 3.63) is 253 Å². The maximum atomic E-state index is 14.2. The van der Waals surface area contributed by atoms with Crippen LogP contribution in [0.4, 0.5) is 13.2 Å². The van der Waals surface area contributed by atoms with Crippen molar-refractivity contribution < 1.29 is 13.2 Å². The summed E-state index contributed by atoms with van der Waals surface area (Å²) in [6.07, 6.45) is -4.64. The Morgan fingerprint density at radius 3 is 1.32 bits per heavy atom. The average molecular weight is 1010 g/mol. The summed E-state index contributed by atoms with van der Waals surface area (Å²) in [4.78, 5) is 0. The Morgan fingerprint density at radius 2 is 0.808 bits per heavy atom. The van der Waals surface area contributed by atoms with Gasteiger partial charge in [-0.05, 0) is 108 Å². The zero-order valence-electron chi connectivity index (χ0n) is 41.3. The topological polar surface area (TPSA) is 67.3 Å². The van der Waals surface area contributed by atoms with Gasteiger partial charge in [0.1, 0.15) is 0 Å². The van der Waals surface area contributed by atoms with Crippen LogP contribution in [-0.2, 0) is 6.18 Å². The number of rotatable bonds is 6. The Kier molecular flexibility index (Phi) is 9.75. The number of alkyl halides is 3. The van der Waals surface area contributed by atoms with Crippen molar-refractivity contribution in [2.75, 3.05) is 0 Å². The first-order valence-corrected chi connectivity index (χ1v) is 25.6. The van der Waals surface area contributed by atoms with Crippen molar-refractivity contribution in [2.45, 2.75) is 6.18 Å². The van der Waals surface area contributed by atoms with E-state index in [1.807, 2.05) is 72.8 Å². The predicted octanol–water partition coefficient (Wildman–Crippen LogP) is 18.2. The minimum absolute atomic E-state index is 0.100. The summed E-state index contributed by atoms with van der Waals surface area (Å²) in [5, 5.41) is 29.9. The third-order valence-corrected chi connectivity index (χ3v) is 15.6. The molecular weight excluding hydrogens is 970 g/mol. The van der Waals surface area contributed by atoms with Gasteiger partial charge >= 0.3 is 6.18 Å². The molecule has 15 aromatic rings. The average Bonchev–Trinajstić information content (AvgIpc) is 4.37. The molecule has 0 N–H and O–H groups in total. The van der Waals surface area contributed by atoms with E-state index in [1.165, 1.54) is 6.07 Å². The number of aromatic nitrogens is 4. The van der Waals surface area contributed by atoms with E-state index in [0.717, 1.165) is 128 Å². The summed E-state index contributed by atoms with van der Waals surface area (Å²) in [6.45, 7) is 0. The Balaban J connectivity index is 1.08. The van der Waals surface area contributed by atoms with Crippen molar-refractivity contribution in [2.24, 2.45) is 0 Å². The van der Waals surface area contributed by atoms with Crippen LogP contribution in [-0.4, -0.2) is 18.3 Å². The van der Waals surface area contributed by atoms with Crippen molar-refractivity contribution in [3.8, 4) is 57.1 Å². The smallest absolute Gasteiger partial charge is 0.309 e. The van der Waals surface area contributed by atoms with Gasteiger partial charge in [0, 0.05) is 65.6 Å². The molecule has 0 aliphatic rings. The van der Waals surface area contributed by atoms with Gasteiger partial charge in [-0.1, -0.05) is 140 Å². The molecule has 11 aromatic carbocycles. The molecule has 0 aliphatic carbocycles. The van der Waals surface area contributed by atoms with Crippen LogP contribution >= 0.6 is 0 Å². The number of halogens is 3. The van der Waals surface area contributed by atoms with Gasteiger partial charge in [-0.3, -0.25) is 0 Å². The molecule has 4 heterocycles. The highest BCUT2D eigenvalue weighted by molar-refractivity contribution is 6.28. The second-order valence-electron chi connectivity index (χ2n) is 19.7. The van der Waals surface area contributed by atoms with Gasteiger partial charge in [0.25, 0.3) is 0 Å². The van der Waals surface area contributed by atoms with Crippen LogP contribution in [0.5, 0.6) is 0 Å². The van der Waals surface area contributed by atoms with Gasteiger partial charge in [0.15, 0.2) is 0 Å². The lowest BCUT2D eigenvalue weighted by molar-refractivity contribution is -0.137. The Labute approximate surface area is 443 Å². The summed E-state index contributed by atoms with van der Waals surface area (Å²) in [7, 11) is 0. The number of nitrogens with zero attached hydrogens (tertiary/aromatic N) is 6. The Morgan fingerprint density at radius 1 is 0.333 bits per heavy atom. The van der Waals surface area contributed by atoms with Gasteiger partial charge in [-0.25, -0.2) is 0 Å². The zero-order chi connectivity index (χ0) is 52.4. The van der Waals surface area contributed by atoms with Crippen LogP contribution in [0, 0.1) is 22.7 Å². The predicted molar refractivity (Wildman–Crippen MR) is 309 cm³/mol. The monoisotopic (exact) mass is 1010 g/mol. The molecule has 0 aliphatic heterocycles. The lowest BCUT2D eigenvalue weighted by Gasteiger charge is -2.20. The number of para-hydroxylation sites is 6. The molecule has 0 radical (unpaired) electrons. The fourth-order valence-corrected chi connectivity index (χ4v) is 12.4. The lowest BCUT2D eigenvalue weighted by atomic mass is 9.93. The van der Waals surface area contributed by atoms with E-state index < -0.39 is 11.7 Å². The number of fused-ring (bicyclic) bond motifs is 14. The van der Waals surface area contributed by atoms with Crippen LogP contribution in [0.25, 0.3) is 132 Å². The van der Waals surface area contributed by atoms with Gasteiger partial charge in [-0.2, -0.15) is 23.7 Å². The van der Waals surface area contributed by atoms with E-state index in [-0.39, 0.29) is 5.56 Å². The molecule has 6 nitrogen and oxygen atoms in total. The Bertz CT molecular complexity index is 5100. The van der Waals surface area contributed by atoms with E-state index in [2.05, 4.69) is 176 Å². The first kappa shape index (κ1) is 44.8. The summed E-state index contributed by atoms with van der Waals surface area (Å²) < 4.78 is 51.9. The van der Waals surface area contributed by atoms with Gasteiger partial charge < -0.3 is 18.3 Å². The Hall–Kier alpha value is -10.6. The van der Waals surface area contributed by atoms with Gasteiger partial charge in [0.2, 0.25) is 0 Å². The zero-order valence-corrected chi connectivity index (χ0v) is 41.3. The second kappa shape index (κ2) is 17.0. The van der Waals surface area contributed by atoms with Crippen LogP contribution in [0.2, 0.25) is 0 Å². The van der Waals surface area contributed by atoms with E-state index in [1.54, 1.807) is 0 Å². The molecule has 9 heteroatoms. The first-order chi connectivity index (χ1) is 38.3. The van der Waals surface area contributed by atoms with Crippen LogP contribution < -0.4 is 0 Å². The summed E-state index contributed by atoms with van der Waals surface area (Å²) in [5.41, 5.74) is 13.4. The highest BCUT2D eigenvalue weighted by Crippen LogP contribution is 2.48. The molecule has 78 heavy (non-hydrogen) atoms. The number of nitriles is 2. The molecule has 0 bridgehead atoms. The highest BCUT2D eigenvalue weighted by Gasteiger charge is 2.32. The summed E-state index contributed by atoms with van der Waals surface area (Å²) >= 11 is 0. The van der Waals surface area contributed by atoms with E-state index >= 15 is 0 Å². The molecule has 0 saturated carbocycles. The third-order valence-electron chi connectivity index (χ3n) is 15.6. The quantitative estimate of drug-likeness (QED) is 0.167. The maximum Gasteiger partial charge on any atom is 0.416 e. The molecule has 0 fully saturated rings. The van der Waals surface area contributed by atoms with Crippen LogP contribution in [0.3, 0.4) is 0 Å². The maximum absolute atomic E-state index is 14.2. The van der Waals surface area contributed by atoms with Crippen molar-refractivity contribution in [1.29, 1.82) is 10.5 Å². The summed E-state index contributed by atoms with van der Waals surface area (Å²) in [5.74, 6) is 0. The van der Waals surface area contributed by atoms with Crippen molar-refractivity contribution >= 4 is 87.2 Å². The van der Waals surface area contributed by atoms with Crippen molar-refractivity contribution in [3.63, 3.8) is 0 Å². The van der Waals surface area contributed by atoms with Crippen molar-refractivity contribution in [1.82, 2.24) is 18.3 Å². The van der Waals surface area contributed by atoms with Gasteiger partial charge in [0.05, 0.1) is 84.3 Å². The molecule has 0 unspecified atom stereocenters. The molecule has 0 atom stereocenters. The SMILES string of the molecule is N#Cc1ccc(-n2c3ccccc3c3c2ccc2c4ccccc4n(-c4ccccc4)c23)c(-c2ccc(-c3ccc(C(F)(F)F)cc3C#N)cc2-n2c3ccccc3c3c2ccc2c4ccccc4n(-c4ccccc4)c23)c1. The molecular formula is C69H39F3N6. The number of benzene rings is 11. The molecule has 366 valence electrons. The normalized spacial score (nSPS) is 12.0. The highest BCUT2D eigenvalue weighted by atomic mass is 19.4. The fraction of sp³-hybridized carbons (Fsp3) is 0.0145. The first-order valence-electron chi connectivity index (χ1n) is 25.6. The van der Waals surface area contributed by atoms with Crippen LogP contribution in [0.1, 0.15) is 16.7 Å². The molecule has 0 saturated heterocycles.